The van der Waals surface area contributed by atoms with E-state index in [4.69, 9.17) is 0 Å². The number of rotatable bonds is 2. The van der Waals surface area contributed by atoms with Gasteiger partial charge in [-0.05, 0) is 19.8 Å². The number of hydrogen-bond acceptors (Lipinski definition) is 1. The van der Waals surface area contributed by atoms with Crippen LogP contribution in [0.5, 0.6) is 0 Å². The third kappa shape index (κ3) is 1.68. The molecule has 1 rings (SSSR count). The van der Waals surface area contributed by atoms with Gasteiger partial charge in [0, 0.05) is 18.7 Å². The van der Waals surface area contributed by atoms with E-state index in [-0.39, 0.29) is 5.91 Å². The van der Waals surface area contributed by atoms with E-state index < -0.39 is 0 Å². The Kier molecular flexibility index (Phi) is 2.90. The molecule has 0 saturated heterocycles. The van der Waals surface area contributed by atoms with E-state index in [1.807, 2.05) is 11.8 Å². The Bertz CT molecular complexity index is 208. The van der Waals surface area contributed by atoms with Crippen molar-refractivity contribution in [3.05, 3.63) is 11.8 Å². The summed E-state index contributed by atoms with van der Waals surface area (Å²) in [7, 11) is 0. The predicted molar refractivity (Wildman–Crippen MR) is 49.6 cm³/mol. The zero-order chi connectivity index (χ0) is 9.14. The van der Waals surface area contributed by atoms with Crippen molar-refractivity contribution in [1.29, 1.82) is 0 Å². The Hall–Kier alpha value is -0.790. The van der Waals surface area contributed by atoms with E-state index in [2.05, 4.69) is 13.0 Å². The smallest absolute Gasteiger partial charge is 0.223 e. The summed E-state index contributed by atoms with van der Waals surface area (Å²) < 4.78 is 0. The number of hydrogen-bond donors (Lipinski definition) is 0. The van der Waals surface area contributed by atoms with E-state index >= 15 is 0 Å². The Labute approximate surface area is 74.2 Å². The summed E-state index contributed by atoms with van der Waals surface area (Å²) in [6.45, 7) is 5.81. The highest BCUT2D eigenvalue weighted by Gasteiger charge is 2.25. The average molecular weight is 167 g/mol. The van der Waals surface area contributed by atoms with Crippen molar-refractivity contribution in [3.63, 3.8) is 0 Å². The lowest BCUT2D eigenvalue weighted by molar-refractivity contribution is -0.128. The van der Waals surface area contributed by atoms with E-state index in [1.165, 1.54) is 0 Å². The molecule has 1 atom stereocenters. The molecule has 0 spiro atoms. The number of amides is 1. The number of carbonyl (C=O) groups is 1. The van der Waals surface area contributed by atoms with Gasteiger partial charge < -0.3 is 4.90 Å². The van der Waals surface area contributed by atoms with Crippen molar-refractivity contribution in [3.8, 4) is 0 Å². The van der Waals surface area contributed by atoms with Crippen LogP contribution in [0.2, 0.25) is 0 Å². The van der Waals surface area contributed by atoms with Crippen LogP contribution in [0.15, 0.2) is 11.8 Å². The predicted octanol–water partition coefficient (Wildman–Crippen LogP) is 2.31. The zero-order valence-electron chi connectivity index (χ0n) is 8.13. The second-order valence-corrected chi connectivity index (χ2v) is 3.41. The van der Waals surface area contributed by atoms with E-state index in [9.17, 15) is 4.79 Å². The second-order valence-electron chi connectivity index (χ2n) is 3.41. The van der Waals surface area contributed by atoms with Crippen LogP contribution in [0, 0.1) is 0 Å². The zero-order valence-corrected chi connectivity index (χ0v) is 8.13. The molecule has 1 amide bonds. The Morgan fingerprint density at radius 3 is 2.92 bits per heavy atom. The molecule has 1 unspecified atom stereocenters. The lowest BCUT2D eigenvalue weighted by Crippen LogP contribution is -2.33. The summed E-state index contributed by atoms with van der Waals surface area (Å²) in [5.74, 6) is 0.180. The summed E-state index contributed by atoms with van der Waals surface area (Å²) in [5.41, 5.74) is 1.13. The molecule has 1 heterocycles. The third-order valence-corrected chi connectivity index (χ3v) is 2.39. The maximum atomic E-state index is 11.2. The van der Waals surface area contributed by atoms with Crippen molar-refractivity contribution < 1.29 is 4.79 Å². The third-order valence-electron chi connectivity index (χ3n) is 2.39. The molecule has 0 aromatic carbocycles. The standard InChI is InChI=1S/C10H17NO/c1-4-5-10-7-6-8(2)11(10)9(3)12/h6,10H,4-5,7H2,1-3H3. The molecule has 2 nitrogen and oxygen atoms in total. The second kappa shape index (κ2) is 3.74. The molecule has 0 bridgehead atoms. The van der Waals surface area contributed by atoms with Crippen molar-refractivity contribution in [1.82, 2.24) is 4.90 Å². The fraction of sp³-hybridized carbons (Fsp3) is 0.700. The van der Waals surface area contributed by atoms with Crippen LogP contribution < -0.4 is 0 Å². The van der Waals surface area contributed by atoms with Gasteiger partial charge in [0.25, 0.3) is 0 Å². The van der Waals surface area contributed by atoms with Gasteiger partial charge in [-0.3, -0.25) is 4.79 Å². The number of nitrogens with zero attached hydrogens (tertiary/aromatic N) is 1. The first kappa shape index (κ1) is 9.30. The lowest BCUT2D eigenvalue weighted by Gasteiger charge is -2.24. The van der Waals surface area contributed by atoms with Crippen molar-refractivity contribution in [2.75, 3.05) is 0 Å². The molecule has 68 valence electrons. The monoisotopic (exact) mass is 167 g/mol. The molecule has 0 N–H and O–H groups in total. The molecule has 0 aromatic rings. The molecule has 1 aliphatic heterocycles. The van der Waals surface area contributed by atoms with Crippen LogP contribution in [-0.4, -0.2) is 16.8 Å². The molecule has 0 radical (unpaired) electrons. The van der Waals surface area contributed by atoms with E-state index in [1.54, 1.807) is 6.92 Å². The van der Waals surface area contributed by atoms with Gasteiger partial charge in [-0.15, -0.1) is 0 Å². The molecule has 0 aromatic heterocycles. The molecular formula is C10H17NO. The largest absolute Gasteiger partial charge is 0.314 e. The molecule has 1 aliphatic rings. The van der Waals surface area contributed by atoms with Crippen molar-refractivity contribution in [2.45, 2.75) is 46.1 Å². The quantitative estimate of drug-likeness (QED) is 0.618. The lowest BCUT2D eigenvalue weighted by atomic mass is 10.1. The molecule has 12 heavy (non-hydrogen) atoms. The first-order chi connectivity index (χ1) is 5.66. The van der Waals surface area contributed by atoms with Gasteiger partial charge >= 0.3 is 0 Å². The summed E-state index contributed by atoms with van der Waals surface area (Å²) in [4.78, 5) is 13.1. The van der Waals surface area contributed by atoms with Crippen LogP contribution in [0.3, 0.4) is 0 Å². The van der Waals surface area contributed by atoms with E-state index in [0.717, 1.165) is 25.0 Å². The van der Waals surface area contributed by atoms with Crippen LogP contribution in [0.1, 0.15) is 40.0 Å². The van der Waals surface area contributed by atoms with Gasteiger partial charge in [-0.2, -0.15) is 0 Å². The fourth-order valence-corrected chi connectivity index (χ4v) is 1.88. The maximum absolute atomic E-state index is 11.2. The van der Waals surface area contributed by atoms with Crippen LogP contribution in [0.25, 0.3) is 0 Å². The molecule has 2 heteroatoms. The molecule has 0 aliphatic carbocycles. The summed E-state index contributed by atoms with van der Waals surface area (Å²) >= 11 is 0. The minimum atomic E-state index is 0.180. The Morgan fingerprint density at radius 1 is 1.75 bits per heavy atom. The van der Waals surface area contributed by atoms with Gasteiger partial charge in [0.05, 0.1) is 0 Å². The van der Waals surface area contributed by atoms with Crippen LogP contribution in [-0.2, 0) is 4.79 Å². The topological polar surface area (TPSA) is 20.3 Å². The minimum absolute atomic E-state index is 0.180. The summed E-state index contributed by atoms with van der Waals surface area (Å²) in [6, 6.07) is 0.437. The van der Waals surface area contributed by atoms with Gasteiger partial charge in [0.15, 0.2) is 0 Å². The minimum Gasteiger partial charge on any atom is -0.314 e. The van der Waals surface area contributed by atoms with Crippen molar-refractivity contribution >= 4 is 5.91 Å². The normalized spacial score (nSPS) is 22.8. The first-order valence-electron chi connectivity index (χ1n) is 4.63. The molecule has 0 saturated carbocycles. The number of carbonyl (C=O) groups excluding carboxylic acids is 1. The fourth-order valence-electron chi connectivity index (χ4n) is 1.88. The average Bonchev–Trinajstić information content (AvgIpc) is 2.32. The molecule has 0 fully saturated rings. The molecular weight excluding hydrogens is 150 g/mol. The summed E-state index contributed by atoms with van der Waals surface area (Å²) in [6.07, 6.45) is 5.46. The van der Waals surface area contributed by atoms with Crippen molar-refractivity contribution in [2.24, 2.45) is 0 Å². The highest BCUT2D eigenvalue weighted by molar-refractivity contribution is 5.76. The van der Waals surface area contributed by atoms with E-state index in [0.29, 0.717) is 6.04 Å². The first-order valence-corrected chi connectivity index (χ1v) is 4.63. The van der Waals surface area contributed by atoms with Gasteiger partial charge in [-0.25, -0.2) is 0 Å². The Balaban J connectivity index is 2.64. The highest BCUT2D eigenvalue weighted by Crippen LogP contribution is 2.24. The highest BCUT2D eigenvalue weighted by atomic mass is 16.2. The van der Waals surface area contributed by atoms with Gasteiger partial charge in [0.2, 0.25) is 5.91 Å². The van der Waals surface area contributed by atoms with Crippen LogP contribution in [0.4, 0.5) is 0 Å². The number of allylic oxidation sites excluding steroid dienone is 1. The maximum Gasteiger partial charge on any atom is 0.223 e. The SMILES string of the molecule is CCCC1CC=C(C)N1C(C)=O. The van der Waals surface area contributed by atoms with Gasteiger partial charge in [0.1, 0.15) is 0 Å². The van der Waals surface area contributed by atoms with Gasteiger partial charge in [-0.1, -0.05) is 19.4 Å². The summed E-state index contributed by atoms with van der Waals surface area (Å²) in [5, 5.41) is 0. The Morgan fingerprint density at radius 2 is 2.42 bits per heavy atom. The van der Waals surface area contributed by atoms with Crippen LogP contribution >= 0.6 is 0 Å².